The van der Waals surface area contributed by atoms with E-state index in [1.54, 1.807) is 0 Å². The molecule has 0 bridgehead atoms. The quantitative estimate of drug-likeness (QED) is 0.763. The number of nitrogens with zero attached hydrogens (tertiary/aromatic N) is 2. The summed E-state index contributed by atoms with van der Waals surface area (Å²) in [6, 6.07) is 7.88. The lowest BCUT2D eigenvalue weighted by Gasteiger charge is -2.28. The van der Waals surface area contributed by atoms with E-state index in [1.165, 1.54) is 11.8 Å². The van der Waals surface area contributed by atoms with Crippen LogP contribution in [0.3, 0.4) is 0 Å². The number of amides is 1. The van der Waals surface area contributed by atoms with E-state index in [0.29, 0.717) is 17.5 Å². The second kappa shape index (κ2) is 7.72. The third-order valence-corrected chi connectivity index (χ3v) is 8.06. The molecule has 2 atom stereocenters. The Labute approximate surface area is 160 Å². The van der Waals surface area contributed by atoms with E-state index in [9.17, 15) is 13.2 Å². The summed E-state index contributed by atoms with van der Waals surface area (Å²) in [5.41, 5.74) is 2.12. The molecule has 2 aliphatic heterocycles. The standard InChI is InChI=1S/C19H26N2O3S2/c1-4-5-10-18(22)20-19-21(15-9-7-6-8-14(15)13(2)3)16-11-26(23,24)12-17(16)25-19/h6-9,13,16-17H,4-5,10-12H2,1-3H3/t16-,17-/m0/s1. The zero-order valence-corrected chi connectivity index (χ0v) is 17.1. The Bertz CT molecular complexity index is 818. The van der Waals surface area contributed by atoms with Gasteiger partial charge in [-0.3, -0.25) is 4.79 Å². The van der Waals surface area contributed by atoms with Gasteiger partial charge >= 0.3 is 0 Å². The van der Waals surface area contributed by atoms with Gasteiger partial charge in [0.05, 0.1) is 17.5 Å². The van der Waals surface area contributed by atoms with Crippen LogP contribution in [0.4, 0.5) is 5.69 Å². The van der Waals surface area contributed by atoms with Gasteiger partial charge < -0.3 is 4.90 Å². The van der Waals surface area contributed by atoms with E-state index in [4.69, 9.17) is 0 Å². The third-order valence-electron chi connectivity index (χ3n) is 4.85. The monoisotopic (exact) mass is 394 g/mol. The number of thioether (sulfide) groups is 1. The van der Waals surface area contributed by atoms with Crippen LogP contribution in [0.2, 0.25) is 0 Å². The smallest absolute Gasteiger partial charge is 0.248 e. The van der Waals surface area contributed by atoms with Gasteiger partial charge in [0, 0.05) is 17.4 Å². The van der Waals surface area contributed by atoms with Gasteiger partial charge in [-0.05, 0) is 24.0 Å². The minimum atomic E-state index is -3.05. The first-order chi connectivity index (χ1) is 12.3. The SMILES string of the molecule is CCCCC(=O)N=C1S[C@H]2CS(=O)(=O)C[C@@H]2N1c1ccccc1C(C)C. The molecule has 2 fully saturated rings. The highest BCUT2D eigenvalue weighted by Gasteiger charge is 2.49. The van der Waals surface area contributed by atoms with Gasteiger partial charge in [0.2, 0.25) is 5.91 Å². The van der Waals surface area contributed by atoms with E-state index in [0.717, 1.165) is 24.1 Å². The van der Waals surface area contributed by atoms with Crippen LogP contribution in [0.1, 0.15) is 51.5 Å². The molecule has 1 aromatic carbocycles. The number of unbranched alkanes of at least 4 members (excludes halogenated alkanes) is 1. The Hall–Kier alpha value is -1.34. The zero-order valence-electron chi connectivity index (χ0n) is 15.5. The highest BCUT2D eigenvalue weighted by atomic mass is 32.2. The first-order valence-electron chi connectivity index (χ1n) is 9.19. The maximum atomic E-state index is 12.3. The number of benzene rings is 1. The molecule has 0 unspecified atom stereocenters. The fraction of sp³-hybridized carbons (Fsp3) is 0.579. The molecule has 3 rings (SSSR count). The van der Waals surface area contributed by atoms with Crippen molar-refractivity contribution < 1.29 is 13.2 Å². The largest absolute Gasteiger partial charge is 0.315 e. The maximum absolute atomic E-state index is 12.3. The first-order valence-corrected chi connectivity index (χ1v) is 11.9. The fourth-order valence-corrected chi connectivity index (χ4v) is 7.46. The van der Waals surface area contributed by atoms with E-state index in [1.807, 2.05) is 30.0 Å². The van der Waals surface area contributed by atoms with E-state index in [-0.39, 0.29) is 28.7 Å². The van der Waals surface area contributed by atoms with Crippen LogP contribution in [-0.2, 0) is 14.6 Å². The normalized spacial score (nSPS) is 25.8. The molecule has 2 saturated heterocycles. The number of fused-ring (bicyclic) bond motifs is 1. The number of anilines is 1. The minimum absolute atomic E-state index is 0.0575. The molecule has 0 saturated carbocycles. The predicted octanol–water partition coefficient (Wildman–Crippen LogP) is 3.60. The van der Waals surface area contributed by atoms with Crippen molar-refractivity contribution in [3.8, 4) is 0 Å². The highest BCUT2D eigenvalue weighted by molar-refractivity contribution is 8.16. The van der Waals surface area contributed by atoms with Crippen LogP contribution in [0.25, 0.3) is 0 Å². The topological polar surface area (TPSA) is 66.8 Å². The molecule has 0 spiro atoms. The van der Waals surface area contributed by atoms with E-state index in [2.05, 4.69) is 24.9 Å². The number of sulfone groups is 1. The summed E-state index contributed by atoms with van der Waals surface area (Å²) in [6.07, 6.45) is 2.21. The summed E-state index contributed by atoms with van der Waals surface area (Å²) in [7, 11) is -3.05. The molecule has 0 aromatic heterocycles. The average Bonchev–Trinajstić information content (AvgIpc) is 3.03. The van der Waals surface area contributed by atoms with Gasteiger partial charge in [-0.25, -0.2) is 8.42 Å². The first kappa shape index (κ1) is 19.4. The molecule has 2 aliphatic rings. The molecule has 2 heterocycles. The molecule has 1 amide bonds. The number of amidine groups is 1. The molecule has 26 heavy (non-hydrogen) atoms. The number of rotatable bonds is 5. The Kier molecular flexibility index (Phi) is 5.77. The van der Waals surface area contributed by atoms with Crippen molar-refractivity contribution in [3.63, 3.8) is 0 Å². The lowest BCUT2D eigenvalue weighted by molar-refractivity contribution is -0.117. The molecule has 0 N–H and O–H groups in total. The van der Waals surface area contributed by atoms with Crippen molar-refractivity contribution >= 4 is 38.4 Å². The number of carbonyl (C=O) groups excluding carboxylic acids is 1. The van der Waals surface area contributed by atoms with Gasteiger partial charge in [0.25, 0.3) is 0 Å². The summed E-state index contributed by atoms with van der Waals surface area (Å²) in [6.45, 7) is 6.29. The molecular weight excluding hydrogens is 368 g/mol. The number of para-hydroxylation sites is 1. The third kappa shape index (κ3) is 3.98. The highest BCUT2D eigenvalue weighted by Crippen LogP contribution is 2.43. The second-order valence-electron chi connectivity index (χ2n) is 7.28. The summed E-state index contributed by atoms with van der Waals surface area (Å²) in [5.74, 6) is 0.457. The second-order valence-corrected chi connectivity index (χ2v) is 10.6. The van der Waals surface area contributed by atoms with Crippen molar-refractivity contribution in [2.45, 2.75) is 57.2 Å². The zero-order chi connectivity index (χ0) is 18.9. The molecule has 142 valence electrons. The van der Waals surface area contributed by atoms with Gasteiger partial charge in [-0.2, -0.15) is 4.99 Å². The van der Waals surface area contributed by atoms with Crippen LogP contribution in [0.15, 0.2) is 29.3 Å². The van der Waals surface area contributed by atoms with E-state index >= 15 is 0 Å². The average molecular weight is 395 g/mol. The number of hydrogen-bond acceptors (Lipinski definition) is 4. The van der Waals surface area contributed by atoms with Crippen molar-refractivity contribution in [3.05, 3.63) is 29.8 Å². The molecule has 0 aliphatic carbocycles. The van der Waals surface area contributed by atoms with Crippen LogP contribution in [0, 0.1) is 0 Å². The Morgan fingerprint density at radius 2 is 2.04 bits per heavy atom. The summed E-state index contributed by atoms with van der Waals surface area (Å²) in [5, 5.41) is 0.599. The number of aliphatic imine (C=N–C) groups is 1. The molecule has 1 aromatic rings. The number of carbonyl (C=O) groups is 1. The Morgan fingerprint density at radius 1 is 1.31 bits per heavy atom. The molecular formula is C19H26N2O3S2. The maximum Gasteiger partial charge on any atom is 0.248 e. The summed E-state index contributed by atoms with van der Waals surface area (Å²) >= 11 is 1.44. The van der Waals surface area contributed by atoms with Crippen LogP contribution < -0.4 is 4.90 Å². The van der Waals surface area contributed by atoms with Gasteiger partial charge in [0.1, 0.15) is 0 Å². The lowest BCUT2D eigenvalue weighted by Crippen LogP contribution is -2.38. The minimum Gasteiger partial charge on any atom is -0.315 e. The van der Waals surface area contributed by atoms with Crippen molar-refractivity contribution in [1.29, 1.82) is 0 Å². The summed E-state index contributed by atoms with van der Waals surface area (Å²) in [4.78, 5) is 18.6. The molecule has 0 radical (unpaired) electrons. The Morgan fingerprint density at radius 3 is 2.73 bits per heavy atom. The van der Waals surface area contributed by atoms with Crippen molar-refractivity contribution in [2.24, 2.45) is 4.99 Å². The van der Waals surface area contributed by atoms with E-state index < -0.39 is 9.84 Å². The fourth-order valence-electron chi connectivity index (χ4n) is 3.53. The van der Waals surface area contributed by atoms with Gasteiger partial charge in [-0.1, -0.05) is 57.2 Å². The van der Waals surface area contributed by atoms with Gasteiger partial charge in [-0.15, -0.1) is 0 Å². The number of hydrogen-bond donors (Lipinski definition) is 0. The molecule has 5 nitrogen and oxygen atoms in total. The van der Waals surface area contributed by atoms with Crippen LogP contribution in [-0.4, -0.2) is 42.3 Å². The van der Waals surface area contributed by atoms with Crippen LogP contribution in [0.5, 0.6) is 0 Å². The summed E-state index contributed by atoms with van der Waals surface area (Å²) < 4.78 is 24.3. The van der Waals surface area contributed by atoms with Gasteiger partial charge in [0.15, 0.2) is 15.0 Å². The Balaban J connectivity index is 2.01. The van der Waals surface area contributed by atoms with Crippen molar-refractivity contribution in [1.82, 2.24) is 0 Å². The molecule has 7 heteroatoms. The van der Waals surface area contributed by atoms with Crippen molar-refractivity contribution in [2.75, 3.05) is 16.4 Å². The van der Waals surface area contributed by atoms with Crippen LogP contribution >= 0.6 is 11.8 Å². The lowest BCUT2D eigenvalue weighted by atomic mass is 9.99. The predicted molar refractivity (Wildman–Crippen MR) is 109 cm³/mol.